The lowest BCUT2D eigenvalue weighted by molar-refractivity contribution is -0.116. The van der Waals surface area contributed by atoms with Gasteiger partial charge in [-0.1, -0.05) is 6.92 Å². The van der Waals surface area contributed by atoms with Crippen LogP contribution in [0.5, 0.6) is 0 Å². The number of anilines is 2. The largest absolute Gasteiger partial charge is 0.326 e. The van der Waals surface area contributed by atoms with Gasteiger partial charge in [-0.25, -0.2) is 8.42 Å². The fourth-order valence-corrected chi connectivity index (χ4v) is 4.63. The predicted molar refractivity (Wildman–Crippen MR) is 106 cm³/mol. The summed E-state index contributed by atoms with van der Waals surface area (Å²) in [6.45, 7) is 6.21. The molecule has 0 unspecified atom stereocenters. The van der Waals surface area contributed by atoms with E-state index in [9.17, 15) is 18.0 Å². The Hall–Kier alpha value is -2.72. The number of nitrogens with zero attached hydrogens (tertiary/aromatic N) is 3. The molecule has 0 aliphatic heterocycles. The molecule has 0 fully saturated rings. The van der Waals surface area contributed by atoms with Gasteiger partial charge in [0.2, 0.25) is 21.8 Å². The van der Waals surface area contributed by atoms with Crippen molar-refractivity contribution >= 4 is 33.2 Å². The number of amides is 2. The number of carbonyl (C=O) groups excluding carboxylic acids is 2. The Morgan fingerprint density at radius 1 is 1.11 bits per heavy atom. The zero-order chi connectivity index (χ0) is 21.1. The molecular weight excluding hydrogens is 382 g/mol. The average molecular weight is 407 g/mol. The molecule has 0 atom stereocenters. The third kappa shape index (κ3) is 4.76. The van der Waals surface area contributed by atoms with Crippen LogP contribution in [-0.4, -0.2) is 47.4 Å². The molecule has 0 aliphatic rings. The molecule has 0 aliphatic carbocycles. The first-order valence-corrected chi connectivity index (χ1v) is 10.2. The molecule has 152 valence electrons. The van der Waals surface area contributed by atoms with E-state index in [2.05, 4.69) is 15.7 Å². The lowest BCUT2D eigenvalue weighted by Gasteiger charge is -2.20. The fourth-order valence-electron chi connectivity index (χ4n) is 2.82. The maximum Gasteiger partial charge on any atom is 0.247 e. The number of sulfonamides is 1. The summed E-state index contributed by atoms with van der Waals surface area (Å²) in [5, 5.41) is 9.45. The quantitative estimate of drug-likeness (QED) is 0.724. The number of rotatable bonds is 7. The van der Waals surface area contributed by atoms with Crippen molar-refractivity contribution in [3.63, 3.8) is 0 Å². The van der Waals surface area contributed by atoms with Crippen molar-refractivity contribution in [1.82, 2.24) is 14.1 Å². The van der Waals surface area contributed by atoms with E-state index < -0.39 is 15.9 Å². The van der Waals surface area contributed by atoms with Crippen molar-refractivity contribution in [2.45, 2.75) is 32.6 Å². The van der Waals surface area contributed by atoms with E-state index in [1.54, 1.807) is 52.1 Å². The van der Waals surface area contributed by atoms with Crippen LogP contribution < -0.4 is 10.6 Å². The van der Waals surface area contributed by atoms with Gasteiger partial charge in [-0.2, -0.15) is 9.40 Å². The van der Waals surface area contributed by atoms with Crippen LogP contribution in [0.3, 0.4) is 0 Å². The monoisotopic (exact) mass is 407 g/mol. The second-order valence-electron chi connectivity index (χ2n) is 6.36. The summed E-state index contributed by atoms with van der Waals surface area (Å²) in [6.07, 6.45) is 0. The number of carbonyl (C=O) groups is 2. The van der Waals surface area contributed by atoms with E-state index in [4.69, 9.17) is 0 Å². The Balaban J connectivity index is 2.13. The third-order valence-electron chi connectivity index (χ3n) is 4.20. The van der Waals surface area contributed by atoms with Crippen molar-refractivity contribution in [2.75, 3.05) is 23.7 Å². The number of likely N-dealkylation sites (N-methyl/N-ethyl adjacent to an activating group) is 1. The topological polar surface area (TPSA) is 113 Å². The highest BCUT2D eigenvalue weighted by molar-refractivity contribution is 7.89. The van der Waals surface area contributed by atoms with Gasteiger partial charge in [-0.3, -0.25) is 14.3 Å². The van der Waals surface area contributed by atoms with Crippen LogP contribution in [0.15, 0.2) is 29.2 Å². The first-order valence-electron chi connectivity index (χ1n) is 8.74. The van der Waals surface area contributed by atoms with Crippen LogP contribution in [0, 0.1) is 13.8 Å². The van der Waals surface area contributed by atoms with Gasteiger partial charge < -0.3 is 10.6 Å². The Morgan fingerprint density at radius 2 is 1.64 bits per heavy atom. The Labute approximate surface area is 164 Å². The smallest absolute Gasteiger partial charge is 0.247 e. The molecule has 28 heavy (non-hydrogen) atoms. The van der Waals surface area contributed by atoms with Gasteiger partial charge in [0, 0.05) is 31.9 Å². The van der Waals surface area contributed by atoms with Crippen LogP contribution >= 0.6 is 0 Å². The van der Waals surface area contributed by atoms with Crippen LogP contribution in [0.1, 0.15) is 25.2 Å². The number of benzene rings is 1. The maximum absolute atomic E-state index is 13.0. The van der Waals surface area contributed by atoms with Crippen molar-refractivity contribution in [3.8, 4) is 0 Å². The number of aryl methyl sites for hydroxylation is 2. The molecule has 9 nitrogen and oxygen atoms in total. The van der Waals surface area contributed by atoms with Crippen molar-refractivity contribution < 1.29 is 18.0 Å². The number of hydrogen-bond donors (Lipinski definition) is 2. The van der Waals surface area contributed by atoms with E-state index in [1.807, 2.05) is 0 Å². The lowest BCUT2D eigenvalue weighted by Crippen LogP contribution is -2.38. The average Bonchev–Trinajstić information content (AvgIpc) is 2.86. The van der Waals surface area contributed by atoms with E-state index in [-0.39, 0.29) is 23.9 Å². The molecule has 0 radical (unpaired) electrons. The van der Waals surface area contributed by atoms with Crippen LogP contribution in [0.25, 0.3) is 0 Å². The van der Waals surface area contributed by atoms with Gasteiger partial charge in [0.25, 0.3) is 0 Å². The zero-order valence-corrected chi connectivity index (χ0v) is 17.4. The molecule has 0 bridgehead atoms. The van der Waals surface area contributed by atoms with Gasteiger partial charge in [-0.05, 0) is 38.1 Å². The molecule has 2 N–H and O–H groups in total. The van der Waals surface area contributed by atoms with E-state index in [0.717, 1.165) is 4.31 Å². The zero-order valence-electron chi connectivity index (χ0n) is 16.6. The predicted octanol–water partition coefficient (Wildman–Crippen LogP) is 1.64. The number of hydrogen-bond acceptors (Lipinski definition) is 5. The minimum Gasteiger partial charge on any atom is -0.326 e. The van der Waals surface area contributed by atoms with Gasteiger partial charge in [0.15, 0.2) is 0 Å². The van der Waals surface area contributed by atoms with Crippen LogP contribution in [0.4, 0.5) is 11.4 Å². The summed E-state index contributed by atoms with van der Waals surface area (Å²) >= 11 is 0. The van der Waals surface area contributed by atoms with Gasteiger partial charge in [-0.15, -0.1) is 0 Å². The molecule has 2 aromatic rings. The van der Waals surface area contributed by atoms with E-state index in [0.29, 0.717) is 22.8 Å². The highest BCUT2D eigenvalue weighted by atomic mass is 32.2. The van der Waals surface area contributed by atoms with Crippen molar-refractivity contribution in [3.05, 3.63) is 35.7 Å². The summed E-state index contributed by atoms with van der Waals surface area (Å²) in [5.41, 5.74) is 2.02. The van der Waals surface area contributed by atoms with Crippen molar-refractivity contribution in [2.24, 2.45) is 7.05 Å². The summed E-state index contributed by atoms with van der Waals surface area (Å²) in [5.74, 6) is -0.654. The number of nitrogens with one attached hydrogen (secondary N) is 2. The summed E-state index contributed by atoms with van der Waals surface area (Å²) in [7, 11) is -2.18. The molecule has 2 amide bonds. The second-order valence-corrected chi connectivity index (χ2v) is 8.24. The first kappa shape index (κ1) is 21.6. The Kier molecular flexibility index (Phi) is 6.57. The molecule has 1 heterocycles. The molecule has 0 saturated carbocycles. The standard InChI is InChI=1S/C18H25N5O4S/c1-6-23(28(26,27)18-12(2)21-22(5)13(18)3)11-17(25)20-16-9-7-15(8-10-16)19-14(4)24/h7-10H,6,11H2,1-5H3,(H,19,24)(H,20,25). The third-order valence-corrected chi connectivity index (χ3v) is 6.38. The summed E-state index contributed by atoms with van der Waals surface area (Å²) < 4.78 is 28.6. The maximum atomic E-state index is 13.0. The molecule has 0 saturated heterocycles. The molecular formula is C18H25N5O4S. The minimum absolute atomic E-state index is 0.129. The van der Waals surface area contributed by atoms with Gasteiger partial charge >= 0.3 is 0 Å². The van der Waals surface area contributed by atoms with Crippen LogP contribution in [0.2, 0.25) is 0 Å². The second kappa shape index (κ2) is 8.53. The highest BCUT2D eigenvalue weighted by Crippen LogP contribution is 2.23. The minimum atomic E-state index is -3.86. The lowest BCUT2D eigenvalue weighted by atomic mass is 10.2. The van der Waals surface area contributed by atoms with Gasteiger partial charge in [0.05, 0.1) is 17.9 Å². The van der Waals surface area contributed by atoms with E-state index in [1.165, 1.54) is 11.6 Å². The fraction of sp³-hybridized carbons (Fsp3) is 0.389. The molecule has 2 rings (SSSR count). The molecule has 1 aromatic heterocycles. The number of aromatic nitrogens is 2. The Morgan fingerprint density at radius 3 is 2.07 bits per heavy atom. The summed E-state index contributed by atoms with van der Waals surface area (Å²) in [4.78, 5) is 23.6. The molecule has 1 aromatic carbocycles. The molecule has 10 heteroatoms. The van der Waals surface area contributed by atoms with E-state index >= 15 is 0 Å². The van der Waals surface area contributed by atoms with Crippen LogP contribution in [-0.2, 0) is 26.7 Å². The van der Waals surface area contributed by atoms with Crippen molar-refractivity contribution in [1.29, 1.82) is 0 Å². The normalized spacial score (nSPS) is 11.5. The highest BCUT2D eigenvalue weighted by Gasteiger charge is 2.30. The first-order chi connectivity index (χ1) is 13.1. The Bertz CT molecular complexity index is 980. The summed E-state index contributed by atoms with van der Waals surface area (Å²) in [6, 6.07) is 6.55. The molecule has 0 spiro atoms. The SMILES string of the molecule is CCN(CC(=O)Nc1ccc(NC(C)=O)cc1)S(=O)(=O)c1c(C)nn(C)c1C. The van der Waals surface area contributed by atoms with Gasteiger partial charge in [0.1, 0.15) is 4.90 Å².